The molecule has 0 atom stereocenters. The van der Waals surface area contributed by atoms with Gasteiger partial charge in [-0.2, -0.15) is 8.78 Å². The van der Waals surface area contributed by atoms with Gasteiger partial charge in [0, 0.05) is 39.9 Å². The van der Waals surface area contributed by atoms with Gasteiger partial charge in [0.2, 0.25) is 29.0 Å². The van der Waals surface area contributed by atoms with E-state index in [9.17, 15) is 96.2 Å². The minimum absolute atomic E-state index is 0. The van der Waals surface area contributed by atoms with Crippen molar-refractivity contribution in [2.75, 3.05) is 0 Å². The van der Waals surface area contributed by atoms with E-state index in [0.717, 1.165) is 35.9 Å². The third kappa shape index (κ3) is 21.3. The summed E-state index contributed by atoms with van der Waals surface area (Å²) in [6.45, 7) is 2.39. The second-order valence-electron chi connectivity index (χ2n) is 19.5. The Labute approximate surface area is 673 Å². The predicted molar refractivity (Wildman–Crippen MR) is 338 cm³/mol. The maximum atomic E-state index is 15.1. The molecule has 0 saturated heterocycles. The van der Waals surface area contributed by atoms with Crippen LogP contribution in [0.4, 0.5) is 87.8 Å². The molecule has 0 unspecified atom stereocenters. The predicted octanol–water partition coefficient (Wildman–Crippen LogP) is 14.8. The van der Waals surface area contributed by atoms with Gasteiger partial charge in [0.15, 0.2) is 81.4 Å². The zero-order valence-corrected chi connectivity index (χ0v) is 58.1. The fourth-order valence-electron chi connectivity index (χ4n) is 8.47. The summed E-state index contributed by atoms with van der Waals surface area (Å²) in [7, 11) is -10.3. The van der Waals surface area contributed by atoms with Crippen LogP contribution >= 0.6 is 0 Å². The van der Waals surface area contributed by atoms with Crippen molar-refractivity contribution in [1.29, 1.82) is 0 Å². The number of rotatable bonds is 10. The molecule has 0 heterocycles. The third-order valence-electron chi connectivity index (χ3n) is 13.3. The zero-order valence-electron chi connectivity index (χ0n) is 50.2. The van der Waals surface area contributed by atoms with Crippen LogP contribution in [0.2, 0.25) is 0 Å². The van der Waals surface area contributed by atoms with Crippen molar-refractivity contribution in [2.45, 2.75) is 60.8 Å². The molecule has 105 heavy (non-hydrogen) atoms. The van der Waals surface area contributed by atoms with E-state index in [4.69, 9.17) is 32.5 Å². The van der Waals surface area contributed by atoms with Crippen molar-refractivity contribution < 1.29 is 236 Å². The Morgan fingerprint density at radius 2 is 0.733 bits per heavy atom. The van der Waals surface area contributed by atoms with Crippen LogP contribution in [0.25, 0.3) is 44.5 Å². The molecule has 0 amide bonds. The molecule has 2 N–H and O–H groups in total. The molecule has 0 fully saturated rings. The topological polar surface area (TPSA) is 173 Å². The average molecular weight is 1590 g/mol. The fourth-order valence-corrected chi connectivity index (χ4v) is 9.68. The van der Waals surface area contributed by atoms with Crippen molar-refractivity contribution in [2.24, 2.45) is 0 Å². The van der Waals surface area contributed by atoms with Crippen LogP contribution in [0.5, 0.6) is 34.5 Å². The van der Waals surface area contributed by atoms with E-state index in [1.54, 1.807) is 67.6 Å². The monoisotopic (exact) mass is 1580 g/mol. The Hall–Kier alpha value is -7.79. The summed E-state index contributed by atoms with van der Waals surface area (Å²) in [5.41, 5.74) is -5.88. The summed E-state index contributed by atoms with van der Waals surface area (Å²) in [5, 5.41) is 17.7. The van der Waals surface area contributed by atoms with Crippen molar-refractivity contribution in [3.63, 3.8) is 0 Å². The Balaban J connectivity index is 0.00000157. The van der Waals surface area contributed by atoms with E-state index in [-0.39, 0.29) is 163 Å². The number of phenols is 2. The molecule has 34 heteroatoms. The first-order valence-electron chi connectivity index (χ1n) is 26.1. The van der Waals surface area contributed by atoms with Crippen LogP contribution in [0.15, 0.2) is 131 Å². The number of phenolic OH excluding ortho intramolecular Hbond substituents is 2. The summed E-state index contributed by atoms with van der Waals surface area (Å²) in [4.78, 5) is -2.11. The number of hydrogen-bond donors (Lipinski definition) is 2. The van der Waals surface area contributed by atoms with Crippen molar-refractivity contribution in [3.05, 3.63) is 260 Å². The standard InChI is InChI=1S/C34H18F8O5S.C14H8F2.C12F10.C6H6O5S.5CH4.2K/c1-4-17-6-8-18(9-7-17)20-13-15(2)5-11-21(20)46-19-10-12-22(23(14-19)48(43,44)45)47-34-32(41)30(39)25(31(40)33(34)42)24-28(37)26(35)16(3)27(36)29(24)38;1-2-10-3-5-11(6-4-10)13-9-12(15)7-8-14(13)16;13-3-1(4(14)8(18)11(21)7(3)17)2-5(15)9(19)12(22)10(20)6(2)16;7-4-1-2-5(8)6(3-4)12(9,10)11;;;;;;;/h1,5-14H,2-3H3,(H,43,44,45);1,3-9H;;1-3,7-8H,(H,9,10,11);5*1H4;;/q;;;;;;;;;2*+1/p-2. The Kier molecular flexibility index (Phi) is 36.8. The molecule has 0 spiro atoms. The summed E-state index contributed by atoms with van der Waals surface area (Å²) in [5.74, 6) is -45.9. The number of halogens is 20. The Morgan fingerprint density at radius 3 is 1.11 bits per heavy atom. The van der Waals surface area contributed by atoms with Gasteiger partial charge in [-0.25, -0.2) is 95.9 Å². The van der Waals surface area contributed by atoms with Gasteiger partial charge >= 0.3 is 103 Å². The van der Waals surface area contributed by atoms with E-state index < -0.39 is 191 Å². The van der Waals surface area contributed by atoms with Crippen molar-refractivity contribution in [1.82, 2.24) is 0 Å². The fraction of sp³-hybridized carbons (Fsp3) is 0.0986. The van der Waals surface area contributed by atoms with Gasteiger partial charge in [-0.05, 0) is 104 Å². The summed E-state index contributed by atoms with van der Waals surface area (Å²) < 4.78 is 353. The van der Waals surface area contributed by atoms with Gasteiger partial charge < -0.3 is 28.8 Å². The van der Waals surface area contributed by atoms with Crippen LogP contribution in [-0.2, 0) is 20.2 Å². The second kappa shape index (κ2) is 39.7. The number of benzene rings is 10. The first kappa shape index (κ1) is 97.2. The Bertz CT molecular complexity index is 5010. The van der Waals surface area contributed by atoms with Crippen LogP contribution < -0.4 is 112 Å². The van der Waals surface area contributed by atoms with Gasteiger partial charge in [0.25, 0.3) is 0 Å². The van der Waals surface area contributed by atoms with Gasteiger partial charge in [-0.15, -0.1) is 12.8 Å². The minimum Gasteiger partial charge on any atom is -0.744 e. The number of ether oxygens (including phenoxy) is 2. The van der Waals surface area contributed by atoms with Crippen molar-refractivity contribution >= 4 is 20.2 Å². The zero-order chi connectivity index (χ0) is 73.1. The van der Waals surface area contributed by atoms with Gasteiger partial charge in [0.1, 0.15) is 65.5 Å². The second-order valence-corrected chi connectivity index (χ2v) is 22.2. The molecule has 0 radical (unpaired) electrons. The summed E-state index contributed by atoms with van der Waals surface area (Å²) >= 11 is 0. The van der Waals surface area contributed by atoms with Gasteiger partial charge in [-0.1, -0.05) is 84.9 Å². The van der Waals surface area contributed by atoms with Crippen LogP contribution in [0, 0.1) is 155 Å². The molecule has 0 saturated carbocycles. The molecule has 0 bridgehead atoms. The summed E-state index contributed by atoms with van der Waals surface area (Å²) in [6, 6.07) is 26.7. The molecule has 0 aromatic heterocycles. The largest absolute Gasteiger partial charge is 1.00 e. The van der Waals surface area contributed by atoms with E-state index in [1.165, 1.54) is 12.1 Å². The summed E-state index contributed by atoms with van der Waals surface area (Å²) in [6.07, 6.45) is 10.6. The maximum Gasteiger partial charge on any atom is 1.00 e. The van der Waals surface area contributed by atoms with Gasteiger partial charge in [-0.3, -0.25) is 0 Å². The normalized spacial score (nSPS) is 10.3. The van der Waals surface area contributed by atoms with E-state index in [0.29, 0.717) is 52.9 Å². The molecular formula is C71H50F20K2O10S2. The Morgan fingerprint density at radius 1 is 0.371 bits per heavy atom. The maximum absolute atomic E-state index is 15.1. The molecule has 10 nitrogen and oxygen atoms in total. The molecule has 10 aromatic carbocycles. The molecule has 0 aliphatic rings. The molecular weight excluding hydrogens is 1540 g/mol. The smallest absolute Gasteiger partial charge is 0.744 e. The van der Waals surface area contributed by atoms with E-state index >= 15 is 17.6 Å². The van der Waals surface area contributed by atoms with E-state index in [1.807, 2.05) is 0 Å². The molecule has 548 valence electrons. The number of aryl methyl sites for hydroxylation is 1. The molecule has 0 aliphatic heterocycles. The molecule has 10 aromatic rings. The number of terminal acetylenes is 2. The van der Waals surface area contributed by atoms with Crippen LogP contribution in [0.3, 0.4) is 0 Å². The van der Waals surface area contributed by atoms with E-state index in [2.05, 4.69) is 11.8 Å². The van der Waals surface area contributed by atoms with Crippen molar-refractivity contribution in [3.8, 4) is 104 Å². The SMILES string of the molecule is C.C.C.C.C.C#Cc1ccc(-c2cc(C)ccc2Oc2ccc(Oc3c(F)c(F)c(-c4c(F)c(F)c(C)c(F)c4F)c(F)c3F)c(S(=O)(=O)[O-])c2)cc1.C#Cc1ccc(-c2cc(F)ccc2F)cc1.Fc1c(F)c(F)c(-c2c(F)c(F)c(F)c(F)c2F)c(F)c1F.O=S(=O)([O-])c1cc(O)ccc1O.[K+].[K+]. The van der Waals surface area contributed by atoms with Crippen LogP contribution in [0.1, 0.15) is 59.4 Å². The first-order valence-corrected chi connectivity index (χ1v) is 28.9. The first-order chi connectivity index (χ1) is 45.8. The molecule has 0 aliphatic carbocycles. The third-order valence-corrected chi connectivity index (χ3v) is 15.0. The number of aromatic hydroxyl groups is 2. The van der Waals surface area contributed by atoms with Gasteiger partial charge in [0.05, 0.1) is 27.1 Å². The van der Waals surface area contributed by atoms with Crippen LogP contribution in [-0.4, -0.2) is 36.2 Å². The number of hydrogen-bond acceptors (Lipinski definition) is 10. The quantitative estimate of drug-likeness (QED) is 0.0255. The minimum atomic E-state index is -5.56. The average Bonchev–Trinajstić information content (AvgIpc) is 0.733. The molecule has 10 rings (SSSR count).